The van der Waals surface area contributed by atoms with Crippen molar-refractivity contribution < 1.29 is 4.74 Å². The van der Waals surface area contributed by atoms with Crippen molar-refractivity contribution >= 4 is 11.0 Å². The maximum Gasteiger partial charge on any atom is 0.112 e. The van der Waals surface area contributed by atoms with Gasteiger partial charge in [-0.05, 0) is 36.0 Å². The lowest BCUT2D eigenvalue weighted by molar-refractivity contribution is 0.118. The molecule has 24 heavy (non-hydrogen) atoms. The largest absolute Gasteiger partial charge is 0.377 e. The van der Waals surface area contributed by atoms with Gasteiger partial charge >= 0.3 is 0 Å². The summed E-state index contributed by atoms with van der Waals surface area (Å²) >= 11 is 0. The van der Waals surface area contributed by atoms with Gasteiger partial charge < -0.3 is 4.74 Å². The first-order chi connectivity index (χ1) is 11.7. The zero-order valence-electron chi connectivity index (χ0n) is 14.7. The molecule has 0 saturated heterocycles. The van der Waals surface area contributed by atoms with E-state index in [-0.39, 0.29) is 0 Å². The Morgan fingerprint density at radius 1 is 1.12 bits per heavy atom. The number of benzene rings is 1. The fourth-order valence-electron chi connectivity index (χ4n) is 3.04. The van der Waals surface area contributed by atoms with E-state index in [2.05, 4.69) is 42.1 Å². The summed E-state index contributed by atoms with van der Waals surface area (Å²) in [6, 6.07) is 12.4. The van der Waals surface area contributed by atoms with Crippen molar-refractivity contribution in [3.05, 3.63) is 59.4 Å². The molecule has 0 atom stereocenters. The highest BCUT2D eigenvalue weighted by Gasteiger charge is 2.14. The van der Waals surface area contributed by atoms with Gasteiger partial charge in [0, 0.05) is 19.9 Å². The van der Waals surface area contributed by atoms with Crippen LogP contribution >= 0.6 is 0 Å². The summed E-state index contributed by atoms with van der Waals surface area (Å²) in [4.78, 5) is 4.57. The van der Waals surface area contributed by atoms with Crippen molar-refractivity contribution in [3.8, 4) is 0 Å². The van der Waals surface area contributed by atoms with Crippen molar-refractivity contribution in [2.75, 3.05) is 6.61 Å². The molecule has 0 aliphatic carbocycles. The number of rotatable bonds is 7. The second kappa shape index (κ2) is 7.58. The van der Waals surface area contributed by atoms with E-state index in [4.69, 9.17) is 4.74 Å². The summed E-state index contributed by atoms with van der Waals surface area (Å²) < 4.78 is 7.74. The lowest BCUT2D eigenvalue weighted by Crippen LogP contribution is -1.99. The van der Waals surface area contributed by atoms with Gasteiger partial charge in [-0.3, -0.25) is 9.67 Å². The van der Waals surface area contributed by atoms with Crippen LogP contribution in [0.25, 0.3) is 11.0 Å². The van der Waals surface area contributed by atoms with Gasteiger partial charge in [-0.1, -0.05) is 44.2 Å². The fraction of sp³-hybridized carbons (Fsp3) is 0.400. The van der Waals surface area contributed by atoms with Gasteiger partial charge in [-0.2, -0.15) is 5.10 Å². The average molecular weight is 323 g/mol. The molecule has 0 spiro atoms. The van der Waals surface area contributed by atoms with Crippen molar-refractivity contribution in [1.29, 1.82) is 0 Å². The van der Waals surface area contributed by atoms with Crippen LogP contribution in [0.1, 0.15) is 43.0 Å². The van der Waals surface area contributed by atoms with Crippen LogP contribution < -0.4 is 0 Å². The van der Waals surface area contributed by atoms with Crippen LogP contribution in [0.3, 0.4) is 0 Å². The monoisotopic (exact) mass is 323 g/mol. The van der Waals surface area contributed by atoms with Crippen LogP contribution in [-0.2, 0) is 24.8 Å². The number of ether oxygens (including phenoxy) is 1. The standard InChI is InChI=1S/C20H25N3O/c1-15(2)17-11-12-21-19-18(22-23(3)20(17)19)10-7-13-24-14-16-8-5-4-6-9-16/h4-6,8-9,11-12,15H,7,10,13-14H2,1-3H3. The minimum absolute atomic E-state index is 0.466. The van der Waals surface area contributed by atoms with Gasteiger partial charge in [0.1, 0.15) is 5.52 Å². The minimum Gasteiger partial charge on any atom is -0.377 e. The Hall–Kier alpha value is -2.20. The first-order valence-corrected chi connectivity index (χ1v) is 8.59. The maximum atomic E-state index is 5.77. The Balaban J connectivity index is 1.61. The van der Waals surface area contributed by atoms with Crippen LogP contribution in [0.5, 0.6) is 0 Å². The summed E-state index contributed by atoms with van der Waals surface area (Å²) in [5, 5.41) is 4.69. The number of nitrogens with zero attached hydrogens (tertiary/aromatic N) is 3. The SMILES string of the molecule is CC(C)c1ccnc2c(CCCOCc3ccccc3)nn(C)c12. The van der Waals surface area contributed by atoms with E-state index in [1.54, 1.807) is 0 Å². The van der Waals surface area contributed by atoms with Crippen LogP contribution in [0.2, 0.25) is 0 Å². The molecule has 4 nitrogen and oxygen atoms in total. The number of hydrogen-bond acceptors (Lipinski definition) is 3. The molecular weight excluding hydrogens is 298 g/mol. The molecule has 0 bridgehead atoms. The van der Waals surface area contributed by atoms with E-state index in [1.807, 2.05) is 36.1 Å². The van der Waals surface area contributed by atoms with E-state index in [9.17, 15) is 0 Å². The molecule has 0 saturated carbocycles. The topological polar surface area (TPSA) is 39.9 Å². The third-order valence-electron chi connectivity index (χ3n) is 4.26. The van der Waals surface area contributed by atoms with Gasteiger partial charge in [0.25, 0.3) is 0 Å². The van der Waals surface area contributed by atoms with Gasteiger partial charge in [0.2, 0.25) is 0 Å². The van der Waals surface area contributed by atoms with E-state index in [0.29, 0.717) is 12.5 Å². The molecular formula is C20H25N3O. The molecule has 2 aromatic heterocycles. The molecule has 0 amide bonds. The second-order valence-electron chi connectivity index (χ2n) is 6.46. The second-order valence-corrected chi connectivity index (χ2v) is 6.46. The van der Waals surface area contributed by atoms with Crippen LogP contribution in [0, 0.1) is 0 Å². The predicted octanol–water partition coefficient (Wildman–Crippen LogP) is 4.24. The van der Waals surface area contributed by atoms with Crippen molar-refractivity contribution in [3.63, 3.8) is 0 Å². The van der Waals surface area contributed by atoms with E-state index >= 15 is 0 Å². The quantitative estimate of drug-likeness (QED) is 0.611. The average Bonchev–Trinajstić information content (AvgIpc) is 2.92. The smallest absolute Gasteiger partial charge is 0.112 e. The molecule has 0 fully saturated rings. The van der Waals surface area contributed by atoms with Crippen molar-refractivity contribution in [1.82, 2.24) is 14.8 Å². The van der Waals surface area contributed by atoms with Crippen LogP contribution in [0.4, 0.5) is 0 Å². The normalized spacial score (nSPS) is 11.5. The molecule has 2 heterocycles. The first kappa shape index (κ1) is 16.7. The fourth-order valence-corrected chi connectivity index (χ4v) is 3.04. The zero-order chi connectivity index (χ0) is 16.9. The van der Waals surface area contributed by atoms with Crippen LogP contribution in [-0.4, -0.2) is 21.4 Å². The predicted molar refractivity (Wildman–Crippen MR) is 97.0 cm³/mol. The van der Waals surface area contributed by atoms with Crippen molar-refractivity contribution in [2.24, 2.45) is 7.05 Å². The Bertz CT molecular complexity index is 793. The lowest BCUT2D eigenvalue weighted by Gasteiger charge is -2.07. The third-order valence-corrected chi connectivity index (χ3v) is 4.26. The maximum absolute atomic E-state index is 5.77. The molecule has 0 aliphatic rings. The molecule has 0 radical (unpaired) electrons. The van der Waals surface area contributed by atoms with E-state index in [1.165, 1.54) is 11.1 Å². The Morgan fingerprint density at radius 2 is 1.92 bits per heavy atom. The molecule has 0 aliphatic heterocycles. The molecule has 0 unspecified atom stereocenters. The number of pyridine rings is 1. The van der Waals surface area contributed by atoms with E-state index < -0.39 is 0 Å². The van der Waals surface area contributed by atoms with Crippen molar-refractivity contribution in [2.45, 2.75) is 39.2 Å². The number of fused-ring (bicyclic) bond motifs is 1. The third kappa shape index (κ3) is 3.65. The zero-order valence-corrected chi connectivity index (χ0v) is 14.7. The van der Waals surface area contributed by atoms with Crippen LogP contribution in [0.15, 0.2) is 42.6 Å². The molecule has 126 valence electrons. The van der Waals surface area contributed by atoms with Gasteiger partial charge in [0.05, 0.1) is 17.8 Å². The molecule has 3 aromatic rings. The summed E-state index contributed by atoms with van der Waals surface area (Å²) in [5.41, 5.74) is 5.78. The highest BCUT2D eigenvalue weighted by atomic mass is 16.5. The Morgan fingerprint density at radius 3 is 2.67 bits per heavy atom. The number of aromatic nitrogens is 3. The number of hydrogen-bond donors (Lipinski definition) is 0. The van der Waals surface area contributed by atoms with Gasteiger partial charge in [0.15, 0.2) is 0 Å². The summed E-state index contributed by atoms with van der Waals surface area (Å²) in [6.45, 7) is 5.81. The summed E-state index contributed by atoms with van der Waals surface area (Å²) in [6.07, 6.45) is 3.74. The van der Waals surface area contributed by atoms with Gasteiger partial charge in [-0.15, -0.1) is 0 Å². The van der Waals surface area contributed by atoms with E-state index in [0.717, 1.165) is 36.2 Å². The highest BCUT2D eigenvalue weighted by Crippen LogP contribution is 2.25. The highest BCUT2D eigenvalue weighted by molar-refractivity contribution is 5.81. The minimum atomic E-state index is 0.466. The molecule has 4 heteroatoms. The molecule has 3 rings (SSSR count). The molecule has 0 N–H and O–H groups in total. The molecule has 1 aromatic carbocycles. The Labute approximate surface area is 143 Å². The number of aryl methyl sites for hydroxylation is 2. The summed E-state index contributed by atoms with van der Waals surface area (Å²) in [7, 11) is 2.01. The Kier molecular flexibility index (Phi) is 5.26. The van der Waals surface area contributed by atoms with Gasteiger partial charge in [-0.25, -0.2) is 0 Å². The lowest BCUT2D eigenvalue weighted by atomic mass is 10.0. The summed E-state index contributed by atoms with van der Waals surface area (Å²) in [5.74, 6) is 0.466. The first-order valence-electron chi connectivity index (χ1n) is 8.59.